The molecule has 2 heterocycles. The molecule has 0 aliphatic carbocycles. The Morgan fingerprint density at radius 1 is 1.06 bits per heavy atom. The highest BCUT2D eigenvalue weighted by Crippen LogP contribution is 2.22. The zero-order valence-corrected chi connectivity index (χ0v) is 7.32. The molecule has 0 aliphatic rings. The maximum Gasteiger partial charge on any atom is 0.453 e. The van der Waals surface area contributed by atoms with Crippen molar-refractivity contribution in [1.29, 1.82) is 0 Å². The van der Waals surface area contributed by atoms with Crippen LogP contribution >= 0.6 is 0 Å². The Kier molecular flexibility index (Phi) is 2.01. The van der Waals surface area contributed by atoms with E-state index in [1.54, 1.807) is 0 Å². The molecule has 0 atom stereocenters. The molecule has 0 aromatic carbocycles. The second-order valence-corrected chi connectivity index (χ2v) is 2.49. The van der Waals surface area contributed by atoms with E-state index in [1.165, 1.54) is 0 Å². The normalized spacial score (nSPS) is 10.2. The van der Waals surface area contributed by atoms with Crippen LogP contribution < -0.4 is 0 Å². The van der Waals surface area contributed by atoms with Crippen LogP contribution in [0.3, 0.4) is 0 Å². The highest BCUT2D eigenvalue weighted by Gasteiger charge is 2.28. The van der Waals surface area contributed by atoms with Gasteiger partial charge < -0.3 is 20.2 Å². The fourth-order valence-electron chi connectivity index (χ4n) is 0.943. The van der Waals surface area contributed by atoms with Gasteiger partial charge in [0.25, 0.3) is 5.69 Å². The van der Waals surface area contributed by atoms with Gasteiger partial charge in [-0.15, -0.1) is 15.4 Å². The molecule has 0 bridgehead atoms. The summed E-state index contributed by atoms with van der Waals surface area (Å²) in [5, 5.41) is 34.9. The average Bonchev–Trinajstić information content (AvgIpc) is 2.86. The van der Waals surface area contributed by atoms with Crippen LogP contribution in [-0.2, 0) is 0 Å². The van der Waals surface area contributed by atoms with Crippen molar-refractivity contribution in [2.45, 2.75) is 0 Å². The van der Waals surface area contributed by atoms with Crippen LogP contribution in [-0.4, -0.2) is 40.4 Å². The summed E-state index contributed by atoms with van der Waals surface area (Å²) in [4.78, 5) is 22.6. The lowest BCUT2D eigenvalue weighted by Gasteiger charge is -1.86. The third-order valence-corrected chi connectivity index (χ3v) is 1.56. The Labute approximate surface area is 85.0 Å². The Balaban J connectivity index is 2.46. The van der Waals surface area contributed by atoms with E-state index in [1.807, 2.05) is 10.3 Å². The quantitative estimate of drug-likeness (QED) is 0.516. The summed E-state index contributed by atoms with van der Waals surface area (Å²) < 4.78 is 0. The molecule has 0 aliphatic heterocycles. The van der Waals surface area contributed by atoms with Crippen molar-refractivity contribution in [3.8, 4) is 11.5 Å². The smallest absolute Gasteiger partial charge is 0.390 e. The third kappa shape index (κ3) is 1.43. The van der Waals surface area contributed by atoms with Crippen molar-refractivity contribution < 1.29 is 9.85 Å². The minimum absolute atomic E-state index is 0.269. The molecule has 2 rings (SSSR count). The predicted molar refractivity (Wildman–Crippen MR) is 45.1 cm³/mol. The first-order chi connectivity index (χ1) is 7.59. The van der Waals surface area contributed by atoms with Gasteiger partial charge in [0.05, 0.1) is 5.10 Å². The lowest BCUT2D eigenvalue weighted by Crippen LogP contribution is -1.92. The van der Waals surface area contributed by atoms with E-state index in [0.717, 1.165) is 0 Å². The van der Waals surface area contributed by atoms with Crippen LogP contribution in [0.1, 0.15) is 0 Å². The minimum Gasteiger partial charge on any atom is -0.390 e. The van der Waals surface area contributed by atoms with Gasteiger partial charge in [0.15, 0.2) is 0 Å². The summed E-state index contributed by atoms with van der Waals surface area (Å²) in [5.74, 6) is -1.51. The molecule has 0 saturated carbocycles. The number of hydrogen-bond donors (Lipinski definition) is 2. The number of nitrogens with zero attached hydrogens (tertiary/aromatic N) is 6. The van der Waals surface area contributed by atoms with E-state index in [0.29, 0.717) is 0 Å². The van der Waals surface area contributed by atoms with Crippen molar-refractivity contribution in [2.75, 3.05) is 0 Å². The number of rotatable bonds is 3. The second-order valence-electron chi connectivity index (χ2n) is 2.49. The fourth-order valence-corrected chi connectivity index (χ4v) is 0.943. The van der Waals surface area contributed by atoms with Crippen LogP contribution in [0.25, 0.3) is 11.5 Å². The molecule has 2 aromatic heterocycles. The number of aromatic amines is 2. The predicted octanol–water partition coefficient (Wildman–Crippen LogP) is -0.594. The largest absolute Gasteiger partial charge is 0.453 e. The Hall–Kier alpha value is -2.92. The molecular formula is C4H2N8O4. The van der Waals surface area contributed by atoms with Gasteiger partial charge in [-0.05, 0) is 14.8 Å². The van der Waals surface area contributed by atoms with Crippen molar-refractivity contribution in [1.82, 2.24) is 30.6 Å². The van der Waals surface area contributed by atoms with Crippen molar-refractivity contribution in [2.24, 2.45) is 0 Å². The van der Waals surface area contributed by atoms with Crippen LogP contribution in [0.5, 0.6) is 0 Å². The maximum atomic E-state index is 10.5. The third-order valence-electron chi connectivity index (χ3n) is 1.56. The lowest BCUT2D eigenvalue weighted by molar-refractivity contribution is -0.394. The minimum atomic E-state index is -0.817. The molecule has 12 heteroatoms. The highest BCUT2D eigenvalue weighted by molar-refractivity contribution is 5.58. The van der Waals surface area contributed by atoms with Gasteiger partial charge >= 0.3 is 17.6 Å². The summed E-state index contributed by atoms with van der Waals surface area (Å²) in [7, 11) is 0. The van der Waals surface area contributed by atoms with Gasteiger partial charge in [0, 0.05) is 0 Å². The number of aromatic nitrogens is 6. The summed E-state index contributed by atoms with van der Waals surface area (Å²) in [6, 6.07) is 0. The van der Waals surface area contributed by atoms with E-state index in [-0.39, 0.29) is 11.5 Å². The SMILES string of the molecule is O=[N+]([O-])c1nc(-c2n[nH]nc2[N+](=O)[O-])n[nH]1. The summed E-state index contributed by atoms with van der Waals surface area (Å²) in [6.07, 6.45) is 0. The van der Waals surface area contributed by atoms with Gasteiger partial charge in [-0.3, -0.25) is 0 Å². The molecule has 16 heavy (non-hydrogen) atoms. The molecular weight excluding hydrogens is 224 g/mol. The maximum absolute atomic E-state index is 10.5. The summed E-state index contributed by atoms with van der Waals surface area (Å²) in [6.45, 7) is 0. The first-order valence-corrected chi connectivity index (χ1v) is 3.72. The second kappa shape index (κ2) is 3.34. The van der Waals surface area contributed by atoms with Gasteiger partial charge in [0.1, 0.15) is 0 Å². The first kappa shape index (κ1) is 9.63. The molecule has 0 radical (unpaired) electrons. The van der Waals surface area contributed by atoms with Crippen LogP contribution in [0.15, 0.2) is 0 Å². The lowest BCUT2D eigenvalue weighted by atomic mass is 10.4. The van der Waals surface area contributed by atoms with E-state index >= 15 is 0 Å². The molecule has 0 spiro atoms. The van der Waals surface area contributed by atoms with E-state index in [9.17, 15) is 20.2 Å². The number of hydrogen-bond acceptors (Lipinski definition) is 8. The van der Waals surface area contributed by atoms with E-state index < -0.39 is 21.6 Å². The first-order valence-electron chi connectivity index (χ1n) is 3.72. The van der Waals surface area contributed by atoms with Crippen LogP contribution in [0, 0.1) is 20.2 Å². The molecule has 82 valence electrons. The van der Waals surface area contributed by atoms with Gasteiger partial charge in [-0.25, -0.2) is 0 Å². The highest BCUT2D eigenvalue weighted by atomic mass is 16.6. The zero-order valence-electron chi connectivity index (χ0n) is 7.32. The van der Waals surface area contributed by atoms with E-state index in [4.69, 9.17) is 0 Å². The van der Waals surface area contributed by atoms with Gasteiger partial charge in [-0.2, -0.15) is 0 Å². The van der Waals surface area contributed by atoms with E-state index in [2.05, 4.69) is 20.3 Å². The van der Waals surface area contributed by atoms with Crippen LogP contribution in [0.4, 0.5) is 11.8 Å². The van der Waals surface area contributed by atoms with Gasteiger partial charge in [0.2, 0.25) is 0 Å². The molecule has 0 saturated heterocycles. The average molecular weight is 226 g/mol. The Bertz CT molecular complexity index is 556. The number of nitro groups is 2. The number of H-pyrrole nitrogens is 2. The van der Waals surface area contributed by atoms with Crippen LogP contribution in [0.2, 0.25) is 0 Å². The fraction of sp³-hybridized carbons (Fsp3) is 0. The molecule has 0 amide bonds. The Morgan fingerprint density at radius 2 is 1.81 bits per heavy atom. The van der Waals surface area contributed by atoms with Gasteiger partial charge in [-0.1, -0.05) is 5.10 Å². The monoisotopic (exact) mass is 226 g/mol. The summed E-state index contributed by atoms with van der Waals surface area (Å²) >= 11 is 0. The topological polar surface area (TPSA) is 169 Å². The Morgan fingerprint density at radius 3 is 2.38 bits per heavy atom. The molecule has 2 aromatic rings. The molecule has 2 N–H and O–H groups in total. The van der Waals surface area contributed by atoms with Crippen molar-refractivity contribution >= 4 is 11.8 Å². The standard InChI is InChI=1S/C4H2N8O4/c13-11(14)3-1(6-10-8-3)2-5-4(9-7-2)12(15)16/h(H,5,7,9)(H,6,8,10). The van der Waals surface area contributed by atoms with Crippen molar-refractivity contribution in [3.63, 3.8) is 0 Å². The zero-order chi connectivity index (χ0) is 11.7. The molecule has 0 unspecified atom stereocenters. The van der Waals surface area contributed by atoms with Crippen molar-refractivity contribution in [3.05, 3.63) is 20.2 Å². The molecule has 12 nitrogen and oxygen atoms in total. The summed E-state index contributed by atoms with van der Waals surface area (Å²) in [5.41, 5.74) is -0.269. The number of nitrogens with one attached hydrogen (secondary N) is 2. The molecule has 0 fully saturated rings.